The SMILES string of the molecule is CCOC(=O)N(CCOc1ccc(Oc2ccc(F)cc2)cc1)C(=O)C(NN1CCOCC1)C(C)C. The van der Waals surface area contributed by atoms with Gasteiger partial charge in [-0.3, -0.25) is 4.79 Å². The molecule has 1 heterocycles. The molecule has 2 aromatic carbocycles. The average molecular weight is 504 g/mol. The molecule has 36 heavy (non-hydrogen) atoms. The van der Waals surface area contributed by atoms with E-state index < -0.39 is 12.1 Å². The number of ether oxygens (including phenoxy) is 4. The van der Waals surface area contributed by atoms with Crippen LogP contribution >= 0.6 is 0 Å². The van der Waals surface area contributed by atoms with Crippen molar-refractivity contribution < 1.29 is 32.9 Å². The summed E-state index contributed by atoms with van der Waals surface area (Å²) in [6.07, 6.45) is -0.705. The van der Waals surface area contributed by atoms with E-state index in [0.717, 1.165) is 4.90 Å². The Balaban J connectivity index is 1.58. The van der Waals surface area contributed by atoms with Gasteiger partial charge in [-0.2, -0.15) is 0 Å². The van der Waals surface area contributed by atoms with Crippen LogP contribution in [0.2, 0.25) is 0 Å². The molecule has 0 aliphatic carbocycles. The van der Waals surface area contributed by atoms with Crippen LogP contribution in [0.4, 0.5) is 9.18 Å². The van der Waals surface area contributed by atoms with E-state index in [9.17, 15) is 14.0 Å². The molecule has 1 aliphatic heterocycles. The number of halogens is 1. The number of nitrogens with zero attached hydrogens (tertiary/aromatic N) is 2. The number of hydrogen-bond donors (Lipinski definition) is 1. The predicted octanol–water partition coefficient (Wildman–Crippen LogP) is 3.84. The van der Waals surface area contributed by atoms with Crippen LogP contribution in [-0.2, 0) is 14.3 Å². The zero-order valence-electron chi connectivity index (χ0n) is 20.9. The van der Waals surface area contributed by atoms with E-state index in [2.05, 4.69) is 5.43 Å². The lowest BCUT2D eigenvalue weighted by Crippen LogP contribution is -2.58. The Morgan fingerprint density at radius 3 is 2.19 bits per heavy atom. The molecule has 0 bridgehead atoms. The van der Waals surface area contributed by atoms with Gasteiger partial charge in [0.1, 0.15) is 35.7 Å². The minimum atomic E-state index is -0.705. The summed E-state index contributed by atoms with van der Waals surface area (Å²) in [4.78, 5) is 27.1. The fourth-order valence-electron chi connectivity index (χ4n) is 3.54. The highest BCUT2D eigenvalue weighted by Crippen LogP contribution is 2.24. The molecule has 1 atom stereocenters. The third-order valence-electron chi connectivity index (χ3n) is 5.48. The summed E-state index contributed by atoms with van der Waals surface area (Å²) in [7, 11) is 0. The molecule has 1 fully saturated rings. The Bertz CT molecular complexity index is 965. The Morgan fingerprint density at radius 1 is 1.03 bits per heavy atom. The molecular formula is C26H34FN3O6. The largest absolute Gasteiger partial charge is 0.492 e. The zero-order chi connectivity index (χ0) is 25.9. The lowest BCUT2D eigenvalue weighted by atomic mass is 10.0. The number of morpholine rings is 1. The van der Waals surface area contributed by atoms with Crippen LogP contribution in [0.15, 0.2) is 48.5 Å². The van der Waals surface area contributed by atoms with Crippen molar-refractivity contribution in [3.8, 4) is 17.2 Å². The van der Waals surface area contributed by atoms with Gasteiger partial charge in [0.2, 0.25) is 0 Å². The Labute approximate surface area is 211 Å². The quantitative estimate of drug-likeness (QED) is 0.495. The molecular weight excluding hydrogens is 469 g/mol. The van der Waals surface area contributed by atoms with E-state index in [0.29, 0.717) is 43.6 Å². The molecule has 2 aromatic rings. The van der Waals surface area contributed by atoms with Crippen molar-refractivity contribution in [3.05, 3.63) is 54.3 Å². The van der Waals surface area contributed by atoms with Crippen LogP contribution in [0, 0.1) is 11.7 Å². The van der Waals surface area contributed by atoms with E-state index in [-0.39, 0.29) is 37.4 Å². The highest BCUT2D eigenvalue weighted by atomic mass is 19.1. The highest BCUT2D eigenvalue weighted by Gasteiger charge is 2.33. The summed E-state index contributed by atoms with van der Waals surface area (Å²) in [5.41, 5.74) is 3.25. The third kappa shape index (κ3) is 8.18. The van der Waals surface area contributed by atoms with Crippen molar-refractivity contribution in [1.82, 2.24) is 15.3 Å². The van der Waals surface area contributed by atoms with Crippen LogP contribution < -0.4 is 14.9 Å². The molecule has 1 N–H and O–H groups in total. The van der Waals surface area contributed by atoms with E-state index in [1.54, 1.807) is 43.3 Å². The third-order valence-corrected chi connectivity index (χ3v) is 5.48. The van der Waals surface area contributed by atoms with Crippen LogP contribution in [0.1, 0.15) is 20.8 Å². The van der Waals surface area contributed by atoms with Gasteiger partial charge in [-0.1, -0.05) is 13.8 Å². The smallest absolute Gasteiger partial charge is 0.416 e. The summed E-state index contributed by atoms with van der Waals surface area (Å²) < 4.78 is 35.0. The Hall–Kier alpha value is -3.21. The number of nitrogens with one attached hydrogen (secondary N) is 1. The standard InChI is InChI=1S/C26H34FN3O6/c1-4-34-26(32)30(25(31)24(19(2)3)28-29-13-16-33-17-14-29)15-18-35-21-9-11-23(12-10-21)36-22-7-5-20(27)6-8-22/h5-12,19,24,28H,4,13-18H2,1-3H3. The monoisotopic (exact) mass is 503 g/mol. The van der Waals surface area contributed by atoms with Gasteiger partial charge in [0.15, 0.2) is 0 Å². The van der Waals surface area contributed by atoms with Gasteiger partial charge in [0.05, 0.1) is 26.4 Å². The first-order chi connectivity index (χ1) is 17.4. The lowest BCUT2D eigenvalue weighted by Gasteiger charge is -2.34. The van der Waals surface area contributed by atoms with E-state index in [1.807, 2.05) is 18.9 Å². The van der Waals surface area contributed by atoms with Crippen LogP contribution in [0.25, 0.3) is 0 Å². The minimum absolute atomic E-state index is 0.0273. The van der Waals surface area contributed by atoms with Crippen LogP contribution in [-0.4, -0.2) is 74.0 Å². The van der Waals surface area contributed by atoms with Crippen molar-refractivity contribution in [3.63, 3.8) is 0 Å². The minimum Gasteiger partial charge on any atom is -0.492 e. The topological polar surface area (TPSA) is 89.6 Å². The van der Waals surface area contributed by atoms with Gasteiger partial charge in [0.25, 0.3) is 5.91 Å². The van der Waals surface area contributed by atoms with Gasteiger partial charge < -0.3 is 18.9 Å². The average Bonchev–Trinajstić information content (AvgIpc) is 2.87. The molecule has 0 aromatic heterocycles. The number of hydrogen-bond acceptors (Lipinski definition) is 8. The molecule has 10 heteroatoms. The maximum absolute atomic E-state index is 13.4. The summed E-state index contributed by atoms with van der Waals surface area (Å²) in [6, 6.07) is 12.0. The number of imide groups is 1. The van der Waals surface area contributed by atoms with Crippen molar-refractivity contribution >= 4 is 12.0 Å². The molecule has 196 valence electrons. The zero-order valence-corrected chi connectivity index (χ0v) is 20.9. The van der Waals surface area contributed by atoms with E-state index in [1.165, 1.54) is 12.1 Å². The maximum Gasteiger partial charge on any atom is 0.416 e. The molecule has 3 rings (SSSR count). The van der Waals surface area contributed by atoms with Gasteiger partial charge in [-0.15, -0.1) is 0 Å². The Morgan fingerprint density at radius 2 is 1.61 bits per heavy atom. The number of amides is 2. The highest BCUT2D eigenvalue weighted by molar-refractivity contribution is 5.95. The molecule has 9 nitrogen and oxygen atoms in total. The second-order valence-electron chi connectivity index (χ2n) is 8.51. The van der Waals surface area contributed by atoms with Crippen molar-refractivity contribution in [2.45, 2.75) is 26.8 Å². The number of carbonyl (C=O) groups is 2. The fourth-order valence-corrected chi connectivity index (χ4v) is 3.54. The fraction of sp³-hybridized carbons (Fsp3) is 0.462. The molecule has 1 saturated heterocycles. The summed E-state index contributed by atoms with van der Waals surface area (Å²) in [6.45, 7) is 8.27. The normalized spacial score (nSPS) is 14.8. The molecule has 1 unspecified atom stereocenters. The molecule has 0 spiro atoms. The summed E-state index contributed by atoms with van der Waals surface area (Å²) in [5.74, 6) is 0.848. The second-order valence-corrected chi connectivity index (χ2v) is 8.51. The van der Waals surface area contributed by atoms with E-state index >= 15 is 0 Å². The van der Waals surface area contributed by atoms with Gasteiger partial charge >= 0.3 is 6.09 Å². The van der Waals surface area contributed by atoms with Gasteiger partial charge in [-0.05, 0) is 61.4 Å². The van der Waals surface area contributed by atoms with Crippen LogP contribution in [0.5, 0.6) is 17.2 Å². The van der Waals surface area contributed by atoms with Crippen molar-refractivity contribution in [2.24, 2.45) is 5.92 Å². The van der Waals surface area contributed by atoms with Crippen molar-refractivity contribution in [1.29, 1.82) is 0 Å². The van der Waals surface area contributed by atoms with E-state index in [4.69, 9.17) is 18.9 Å². The lowest BCUT2D eigenvalue weighted by molar-refractivity contribution is -0.135. The first-order valence-electron chi connectivity index (χ1n) is 12.1. The summed E-state index contributed by atoms with van der Waals surface area (Å²) in [5, 5.41) is 1.95. The number of hydrazine groups is 1. The second kappa shape index (κ2) is 13.8. The van der Waals surface area contributed by atoms with Gasteiger partial charge in [-0.25, -0.2) is 24.5 Å². The molecule has 1 aliphatic rings. The van der Waals surface area contributed by atoms with Crippen LogP contribution in [0.3, 0.4) is 0 Å². The molecule has 0 saturated carbocycles. The van der Waals surface area contributed by atoms with Gasteiger partial charge in [0, 0.05) is 13.1 Å². The number of rotatable bonds is 11. The first kappa shape index (κ1) is 27.4. The molecule has 2 amide bonds. The summed E-state index contributed by atoms with van der Waals surface area (Å²) >= 11 is 0. The first-order valence-corrected chi connectivity index (χ1v) is 12.1. The Kier molecular flexibility index (Phi) is 10.5. The predicted molar refractivity (Wildman–Crippen MR) is 131 cm³/mol. The molecule has 0 radical (unpaired) electrons. The maximum atomic E-state index is 13.4. The van der Waals surface area contributed by atoms with Crippen molar-refractivity contribution in [2.75, 3.05) is 46.1 Å². The number of benzene rings is 2. The number of carbonyl (C=O) groups excluding carboxylic acids is 2.